The molecular weight excluding hydrogens is 248 g/mol. The molecule has 20 heavy (non-hydrogen) atoms. The molecule has 0 bridgehead atoms. The predicted molar refractivity (Wildman–Crippen MR) is 80.4 cm³/mol. The molecule has 0 aliphatic rings. The van der Waals surface area contributed by atoms with Crippen LogP contribution in [0.2, 0.25) is 0 Å². The van der Waals surface area contributed by atoms with Gasteiger partial charge in [-0.3, -0.25) is 4.79 Å². The molecule has 1 aromatic heterocycles. The molecule has 0 fully saturated rings. The van der Waals surface area contributed by atoms with Crippen molar-refractivity contribution in [2.45, 2.75) is 27.3 Å². The highest BCUT2D eigenvalue weighted by atomic mass is 16.1. The number of rotatable bonds is 3. The molecule has 102 valence electrons. The van der Waals surface area contributed by atoms with Gasteiger partial charge < -0.3 is 4.57 Å². The topological polar surface area (TPSA) is 45.8 Å². The Bertz CT molecular complexity index is 703. The third-order valence-corrected chi connectivity index (χ3v) is 3.19. The van der Waals surface area contributed by atoms with Gasteiger partial charge in [0.25, 0.3) is 5.56 Å². The average molecular weight is 266 g/mol. The number of aromatic nitrogens is 1. The van der Waals surface area contributed by atoms with Crippen molar-refractivity contribution >= 4 is 0 Å². The van der Waals surface area contributed by atoms with Crippen LogP contribution < -0.4 is 5.56 Å². The van der Waals surface area contributed by atoms with Crippen molar-refractivity contribution in [1.29, 1.82) is 5.26 Å². The molecule has 2 rings (SSSR count). The molecule has 0 unspecified atom stereocenters. The highest BCUT2D eigenvalue weighted by Crippen LogP contribution is 2.20. The summed E-state index contributed by atoms with van der Waals surface area (Å²) in [6.07, 6.45) is 0. The van der Waals surface area contributed by atoms with E-state index in [2.05, 4.69) is 13.8 Å². The molecule has 0 saturated carbocycles. The van der Waals surface area contributed by atoms with Crippen molar-refractivity contribution < 1.29 is 0 Å². The quantitative estimate of drug-likeness (QED) is 0.855. The Balaban J connectivity index is 2.64. The molecule has 2 aromatic rings. The Hall–Kier alpha value is -2.34. The highest BCUT2D eigenvalue weighted by Gasteiger charge is 2.11. The van der Waals surface area contributed by atoms with Gasteiger partial charge in [0.1, 0.15) is 11.6 Å². The SMILES string of the molecule is Cc1ccc(-c2ccc(C#N)c(=O)n2CC(C)C)cc1. The molecular formula is C17H18N2O. The van der Waals surface area contributed by atoms with Crippen molar-refractivity contribution in [3.05, 3.63) is 57.9 Å². The molecule has 3 nitrogen and oxygen atoms in total. The van der Waals surface area contributed by atoms with Gasteiger partial charge >= 0.3 is 0 Å². The van der Waals surface area contributed by atoms with Gasteiger partial charge in [-0.15, -0.1) is 0 Å². The highest BCUT2D eigenvalue weighted by molar-refractivity contribution is 5.60. The molecule has 1 heterocycles. The van der Waals surface area contributed by atoms with Gasteiger partial charge in [0.15, 0.2) is 0 Å². The Morgan fingerprint density at radius 1 is 1.15 bits per heavy atom. The normalized spacial score (nSPS) is 10.6. The molecule has 0 aliphatic heterocycles. The van der Waals surface area contributed by atoms with Crippen molar-refractivity contribution in [3.8, 4) is 17.3 Å². The van der Waals surface area contributed by atoms with Gasteiger partial charge in [0, 0.05) is 6.54 Å². The standard InChI is InChI=1S/C17H18N2O/c1-12(2)11-19-16(9-8-15(10-18)17(19)20)14-6-4-13(3)5-7-14/h4-9,12H,11H2,1-3H3. The lowest BCUT2D eigenvalue weighted by Crippen LogP contribution is -2.26. The second-order valence-electron chi connectivity index (χ2n) is 5.42. The van der Waals surface area contributed by atoms with Crippen LogP contribution in [0.1, 0.15) is 25.0 Å². The van der Waals surface area contributed by atoms with Crippen molar-refractivity contribution in [2.75, 3.05) is 0 Å². The van der Waals surface area contributed by atoms with Crippen LogP contribution >= 0.6 is 0 Å². The molecule has 0 radical (unpaired) electrons. The molecule has 0 amide bonds. The van der Waals surface area contributed by atoms with Crippen molar-refractivity contribution in [3.63, 3.8) is 0 Å². The van der Waals surface area contributed by atoms with Crippen molar-refractivity contribution in [1.82, 2.24) is 4.57 Å². The fourth-order valence-corrected chi connectivity index (χ4v) is 2.19. The molecule has 0 atom stereocenters. The van der Waals surface area contributed by atoms with Gasteiger partial charge in [-0.25, -0.2) is 0 Å². The zero-order chi connectivity index (χ0) is 14.7. The summed E-state index contributed by atoms with van der Waals surface area (Å²) in [5, 5.41) is 9.01. The Labute approximate surface area is 119 Å². The van der Waals surface area contributed by atoms with Gasteiger partial charge in [-0.05, 0) is 30.5 Å². The number of benzene rings is 1. The van der Waals surface area contributed by atoms with Crippen LogP contribution in [0.3, 0.4) is 0 Å². The summed E-state index contributed by atoms with van der Waals surface area (Å²) in [7, 11) is 0. The maximum Gasteiger partial charge on any atom is 0.268 e. The number of nitrogens with zero attached hydrogens (tertiary/aromatic N) is 2. The van der Waals surface area contributed by atoms with Crippen LogP contribution in [0.4, 0.5) is 0 Å². The van der Waals surface area contributed by atoms with Crippen LogP contribution in [0.25, 0.3) is 11.3 Å². The number of hydrogen-bond acceptors (Lipinski definition) is 2. The van der Waals surface area contributed by atoms with Gasteiger partial charge in [-0.1, -0.05) is 43.7 Å². The second kappa shape index (κ2) is 5.75. The fourth-order valence-electron chi connectivity index (χ4n) is 2.19. The fraction of sp³-hybridized carbons (Fsp3) is 0.294. The summed E-state index contributed by atoms with van der Waals surface area (Å²) in [5.74, 6) is 0.339. The largest absolute Gasteiger partial charge is 0.307 e. The molecule has 3 heteroatoms. The minimum atomic E-state index is -0.209. The summed E-state index contributed by atoms with van der Waals surface area (Å²) < 4.78 is 1.70. The number of aryl methyl sites for hydroxylation is 1. The van der Waals surface area contributed by atoms with Crippen LogP contribution in [-0.4, -0.2) is 4.57 Å². The first kappa shape index (κ1) is 14.1. The zero-order valence-corrected chi connectivity index (χ0v) is 12.1. The minimum Gasteiger partial charge on any atom is -0.307 e. The smallest absolute Gasteiger partial charge is 0.268 e. The van der Waals surface area contributed by atoms with Crippen LogP contribution in [0.5, 0.6) is 0 Å². The molecule has 0 spiro atoms. The van der Waals surface area contributed by atoms with E-state index in [9.17, 15) is 4.79 Å². The van der Waals surface area contributed by atoms with Crippen LogP contribution in [-0.2, 0) is 6.54 Å². The molecule has 0 saturated heterocycles. The predicted octanol–water partition coefficient (Wildman–Crippen LogP) is 3.35. The summed E-state index contributed by atoms with van der Waals surface area (Å²) >= 11 is 0. The number of pyridine rings is 1. The first-order chi connectivity index (χ1) is 9.52. The van der Waals surface area contributed by atoms with E-state index in [1.54, 1.807) is 10.6 Å². The van der Waals surface area contributed by atoms with E-state index in [-0.39, 0.29) is 11.1 Å². The maximum absolute atomic E-state index is 12.3. The third kappa shape index (κ3) is 2.80. The van der Waals surface area contributed by atoms with Crippen molar-refractivity contribution in [2.24, 2.45) is 5.92 Å². The number of nitriles is 1. The lowest BCUT2D eigenvalue weighted by atomic mass is 10.1. The van der Waals surface area contributed by atoms with E-state index < -0.39 is 0 Å². The van der Waals surface area contributed by atoms with Gasteiger partial charge in [0.2, 0.25) is 0 Å². The molecule has 0 aliphatic carbocycles. The van der Waals surface area contributed by atoms with E-state index in [0.717, 1.165) is 11.3 Å². The summed E-state index contributed by atoms with van der Waals surface area (Å²) in [4.78, 5) is 12.3. The summed E-state index contributed by atoms with van der Waals surface area (Å²) in [5.41, 5.74) is 3.03. The zero-order valence-electron chi connectivity index (χ0n) is 12.1. The van der Waals surface area contributed by atoms with Gasteiger partial charge in [-0.2, -0.15) is 5.26 Å². The second-order valence-corrected chi connectivity index (χ2v) is 5.42. The Morgan fingerprint density at radius 2 is 1.80 bits per heavy atom. The lowest BCUT2D eigenvalue weighted by Gasteiger charge is -2.15. The minimum absolute atomic E-state index is 0.196. The molecule has 0 N–H and O–H groups in total. The van der Waals surface area contributed by atoms with Crippen LogP contribution in [0.15, 0.2) is 41.2 Å². The number of hydrogen-bond donors (Lipinski definition) is 0. The lowest BCUT2D eigenvalue weighted by molar-refractivity contribution is 0.514. The average Bonchev–Trinajstić information content (AvgIpc) is 2.42. The first-order valence-electron chi connectivity index (χ1n) is 6.74. The van der Waals surface area contributed by atoms with E-state index in [1.165, 1.54) is 5.56 Å². The summed E-state index contributed by atoms with van der Waals surface area (Å²) in [6, 6.07) is 13.5. The maximum atomic E-state index is 12.3. The molecule has 1 aromatic carbocycles. The Morgan fingerprint density at radius 3 is 2.35 bits per heavy atom. The van der Waals surface area contributed by atoms with E-state index in [4.69, 9.17) is 5.26 Å². The summed E-state index contributed by atoms with van der Waals surface area (Å²) in [6.45, 7) is 6.76. The Kier molecular flexibility index (Phi) is 4.05. The van der Waals surface area contributed by atoms with E-state index in [1.807, 2.05) is 43.3 Å². The van der Waals surface area contributed by atoms with E-state index >= 15 is 0 Å². The van der Waals surface area contributed by atoms with Gasteiger partial charge in [0.05, 0.1) is 5.69 Å². The first-order valence-corrected chi connectivity index (χ1v) is 6.74. The third-order valence-electron chi connectivity index (χ3n) is 3.19. The monoisotopic (exact) mass is 266 g/mol. The van der Waals surface area contributed by atoms with Crippen LogP contribution in [0, 0.1) is 24.2 Å². The van der Waals surface area contributed by atoms with E-state index in [0.29, 0.717) is 12.5 Å².